The van der Waals surface area contributed by atoms with Crippen molar-refractivity contribution in [3.63, 3.8) is 0 Å². The third-order valence-corrected chi connectivity index (χ3v) is 6.37. The predicted octanol–water partition coefficient (Wildman–Crippen LogP) is 4.79. The van der Waals surface area contributed by atoms with E-state index in [4.69, 9.17) is 0 Å². The van der Waals surface area contributed by atoms with Crippen molar-refractivity contribution >= 4 is 33.1 Å². The number of carbonyl (C=O) groups excluding carboxylic acids is 1. The second-order valence-corrected chi connectivity index (χ2v) is 8.29. The lowest BCUT2D eigenvalue weighted by molar-refractivity contribution is 0.0991. The molecule has 0 saturated heterocycles. The summed E-state index contributed by atoms with van der Waals surface area (Å²) in [5.41, 5.74) is 3.56. The number of rotatable bonds is 5. The van der Waals surface area contributed by atoms with Crippen LogP contribution in [0.4, 0.5) is 5.69 Å². The van der Waals surface area contributed by atoms with E-state index in [1.807, 2.05) is 75.4 Å². The molecular formula is C24H23N3O2S. The van der Waals surface area contributed by atoms with Crippen LogP contribution in [-0.2, 0) is 6.54 Å². The molecule has 0 atom stereocenters. The van der Waals surface area contributed by atoms with Crippen molar-refractivity contribution in [2.45, 2.75) is 27.3 Å². The lowest BCUT2D eigenvalue weighted by atomic mass is 10.1. The van der Waals surface area contributed by atoms with Crippen molar-refractivity contribution in [2.24, 2.45) is 0 Å². The molecule has 0 N–H and O–H groups in total. The van der Waals surface area contributed by atoms with Gasteiger partial charge in [0.2, 0.25) is 0 Å². The fraction of sp³-hybridized carbons (Fsp3) is 0.208. The van der Waals surface area contributed by atoms with E-state index in [1.54, 1.807) is 15.8 Å². The number of nitrogens with zero attached hydrogens (tertiary/aromatic N) is 3. The minimum atomic E-state index is -0.116. The molecule has 0 fully saturated rings. The Kier molecular flexibility index (Phi) is 5.50. The third-order valence-electron chi connectivity index (χ3n) is 5.18. The van der Waals surface area contributed by atoms with Gasteiger partial charge in [0, 0.05) is 12.2 Å². The van der Waals surface area contributed by atoms with Gasteiger partial charge in [-0.3, -0.25) is 14.2 Å². The topological polar surface area (TPSA) is 55.2 Å². The van der Waals surface area contributed by atoms with E-state index >= 15 is 0 Å². The van der Waals surface area contributed by atoms with Crippen molar-refractivity contribution in [1.82, 2.24) is 9.55 Å². The molecule has 0 radical (unpaired) electrons. The lowest BCUT2D eigenvalue weighted by Crippen LogP contribution is -2.30. The van der Waals surface area contributed by atoms with Crippen LogP contribution in [0.2, 0.25) is 0 Å². The van der Waals surface area contributed by atoms with Crippen LogP contribution < -0.4 is 10.5 Å². The average Bonchev–Trinajstić information content (AvgIpc) is 3.08. The summed E-state index contributed by atoms with van der Waals surface area (Å²) in [6, 6.07) is 17.7. The molecule has 30 heavy (non-hydrogen) atoms. The zero-order valence-electron chi connectivity index (χ0n) is 17.3. The van der Waals surface area contributed by atoms with Crippen LogP contribution in [0.25, 0.3) is 10.2 Å². The van der Waals surface area contributed by atoms with Crippen LogP contribution >= 0.6 is 11.3 Å². The number of hydrogen-bond donors (Lipinski definition) is 0. The summed E-state index contributed by atoms with van der Waals surface area (Å²) < 4.78 is 1.60. The molecule has 0 aliphatic rings. The average molecular weight is 418 g/mol. The molecule has 6 heteroatoms. The Morgan fingerprint density at radius 3 is 2.57 bits per heavy atom. The smallest absolute Gasteiger partial charge is 0.268 e. The molecule has 1 amide bonds. The van der Waals surface area contributed by atoms with Crippen LogP contribution in [0.3, 0.4) is 0 Å². The van der Waals surface area contributed by atoms with Gasteiger partial charge in [-0.1, -0.05) is 42.5 Å². The molecule has 4 rings (SSSR count). The number of benzene rings is 2. The zero-order valence-corrected chi connectivity index (χ0v) is 18.1. The van der Waals surface area contributed by atoms with Gasteiger partial charge in [-0.05, 0) is 49.6 Å². The standard InChI is InChI=1S/C24H23N3O2S/c1-4-27(19-12-8-9-16(2)13-19)24(29)21-17(3)20-22(30-21)25-15-26(23(20)28)14-18-10-6-5-7-11-18/h5-13,15H,4,14H2,1-3H3. The van der Waals surface area contributed by atoms with E-state index in [9.17, 15) is 9.59 Å². The maximum absolute atomic E-state index is 13.4. The second kappa shape index (κ2) is 8.24. The summed E-state index contributed by atoms with van der Waals surface area (Å²) in [5, 5.41) is 0.530. The fourth-order valence-corrected chi connectivity index (χ4v) is 4.71. The Hall–Kier alpha value is -3.25. The minimum Gasteiger partial charge on any atom is -0.308 e. The van der Waals surface area contributed by atoms with Crippen molar-refractivity contribution in [1.29, 1.82) is 0 Å². The van der Waals surface area contributed by atoms with Gasteiger partial charge in [-0.2, -0.15) is 0 Å². The Morgan fingerprint density at radius 1 is 1.10 bits per heavy atom. The van der Waals surface area contributed by atoms with E-state index in [0.29, 0.717) is 33.7 Å². The van der Waals surface area contributed by atoms with Crippen LogP contribution in [0.1, 0.15) is 33.3 Å². The van der Waals surface area contributed by atoms with Crippen molar-refractivity contribution < 1.29 is 4.79 Å². The summed E-state index contributed by atoms with van der Waals surface area (Å²) in [4.78, 5) is 33.9. The van der Waals surface area contributed by atoms with Crippen molar-refractivity contribution in [3.8, 4) is 0 Å². The highest BCUT2D eigenvalue weighted by atomic mass is 32.1. The van der Waals surface area contributed by atoms with Gasteiger partial charge in [0.15, 0.2) is 0 Å². The summed E-state index contributed by atoms with van der Waals surface area (Å²) >= 11 is 1.29. The number of carbonyl (C=O) groups is 1. The molecule has 4 aromatic rings. The Bertz CT molecular complexity index is 1270. The third kappa shape index (κ3) is 3.66. The predicted molar refractivity (Wildman–Crippen MR) is 123 cm³/mol. The van der Waals surface area contributed by atoms with Gasteiger partial charge < -0.3 is 4.90 Å². The number of aryl methyl sites for hydroxylation is 2. The summed E-state index contributed by atoms with van der Waals surface area (Å²) in [5.74, 6) is -0.0994. The Labute approximate surface area is 179 Å². The molecule has 0 aliphatic carbocycles. The van der Waals surface area contributed by atoms with Gasteiger partial charge in [-0.25, -0.2) is 4.98 Å². The first-order chi connectivity index (χ1) is 14.5. The van der Waals surface area contributed by atoms with Gasteiger partial charge in [-0.15, -0.1) is 11.3 Å². The normalized spacial score (nSPS) is 11.0. The first-order valence-corrected chi connectivity index (χ1v) is 10.7. The maximum atomic E-state index is 13.4. The van der Waals surface area contributed by atoms with E-state index in [-0.39, 0.29) is 11.5 Å². The van der Waals surface area contributed by atoms with Crippen molar-refractivity contribution in [2.75, 3.05) is 11.4 Å². The van der Waals surface area contributed by atoms with Crippen LogP contribution in [0, 0.1) is 13.8 Å². The number of thiophene rings is 1. The summed E-state index contributed by atoms with van der Waals surface area (Å²) in [6.45, 7) is 6.79. The SMILES string of the molecule is CCN(C(=O)c1sc2ncn(Cc3ccccc3)c(=O)c2c1C)c1cccc(C)c1. The summed E-state index contributed by atoms with van der Waals surface area (Å²) in [6.07, 6.45) is 1.57. The fourth-order valence-electron chi connectivity index (χ4n) is 3.62. The molecule has 0 saturated carbocycles. The Morgan fingerprint density at radius 2 is 1.87 bits per heavy atom. The molecule has 2 heterocycles. The molecule has 152 valence electrons. The highest BCUT2D eigenvalue weighted by molar-refractivity contribution is 7.20. The zero-order chi connectivity index (χ0) is 21.3. The minimum absolute atomic E-state index is 0.0994. The van der Waals surface area contributed by atoms with Crippen LogP contribution in [-0.4, -0.2) is 22.0 Å². The number of aromatic nitrogens is 2. The van der Waals surface area contributed by atoms with Gasteiger partial charge in [0.05, 0.1) is 23.1 Å². The monoisotopic (exact) mass is 417 g/mol. The van der Waals surface area contributed by atoms with Crippen LogP contribution in [0.15, 0.2) is 65.7 Å². The first-order valence-electron chi connectivity index (χ1n) is 9.90. The number of hydrogen-bond acceptors (Lipinski definition) is 4. The molecular weight excluding hydrogens is 394 g/mol. The Balaban J connectivity index is 1.75. The molecule has 2 aromatic carbocycles. The molecule has 5 nitrogen and oxygen atoms in total. The van der Waals surface area contributed by atoms with Gasteiger partial charge >= 0.3 is 0 Å². The van der Waals surface area contributed by atoms with E-state index in [2.05, 4.69) is 4.98 Å². The van der Waals surface area contributed by atoms with E-state index in [0.717, 1.165) is 16.8 Å². The number of anilines is 1. The number of fused-ring (bicyclic) bond motifs is 1. The molecule has 0 unspecified atom stereocenters. The molecule has 0 spiro atoms. The lowest BCUT2D eigenvalue weighted by Gasteiger charge is -2.21. The number of amides is 1. The van der Waals surface area contributed by atoms with Crippen LogP contribution in [0.5, 0.6) is 0 Å². The molecule has 2 aromatic heterocycles. The van der Waals surface area contributed by atoms with E-state index < -0.39 is 0 Å². The second-order valence-electron chi connectivity index (χ2n) is 7.29. The molecule has 0 bridgehead atoms. The van der Waals surface area contributed by atoms with Gasteiger partial charge in [0.1, 0.15) is 4.83 Å². The summed E-state index contributed by atoms with van der Waals surface area (Å²) in [7, 11) is 0. The molecule has 0 aliphatic heterocycles. The quantitative estimate of drug-likeness (QED) is 0.469. The van der Waals surface area contributed by atoms with E-state index in [1.165, 1.54) is 11.3 Å². The van der Waals surface area contributed by atoms with Crippen molar-refractivity contribution in [3.05, 3.63) is 92.8 Å². The highest BCUT2D eigenvalue weighted by Gasteiger charge is 2.24. The van der Waals surface area contributed by atoms with Gasteiger partial charge in [0.25, 0.3) is 11.5 Å². The maximum Gasteiger partial charge on any atom is 0.268 e. The first kappa shape index (κ1) is 20.0. The largest absolute Gasteiger partial charge is 0.308 e. The highest BCUT2D eigenvalue weighted by Crippen LogP contribution is 2.29.